The number of carboxylic acid groups (broad SMARTS) is 1. The number of H-pyrrole nitrogens is 1. The standard InChI is InChI=1S/C14H14N2O2/c17-14(18)11-6-2-5-10(7-11)13-15-8-12(16-13)9-3-1-4-9/h2,5-9H,1,3-4H2,(H,15,16)(H,17,18). The van der Waals surface area contributed by atoms with E-state index in [0.717, 1.165) is 17.1 Å². The number of nitrogens with one attached hydrogen (secondary N) is 1. The molecule has 0 unspecified atom stereocenters. The van der Waals surface area contributed by atoms with Gasteiger partial charge in [0.25, 0.3) is 0 Å². The average Bonchev–Trinajstić information content (AvgIpc) is 2.76. The lowest BCUT2D eigenvalue weighted by Crippen LogP contribution is -2.08. The van der Waals surface area contributed by atoms with E-state index in [1.807, 2.05) is 12.3 Å². The van der Waals surface area contributed by atoms with Crippen LogP contribution in [-0.4, -0.2) is 21.0 Å². The highest BCUT2D eigenvalue weighted by molar-refractivity contribution is 5.89. The Labute approximate surface area is 105 Å². The van der Waals surface area contributed by atoms with E-state index in [-0.39, 0.29) is 5.56 Å². The number of imidazole rings is 1. The zero-order chi connectivity index (χ0) is 12.5. The molecular formula is C14H14N2O2. The second-order valence-electron chi connectivity index (χ2n) is 4.70. The van der Waals surface area contributed by atoms with Gasteiger partial charge in [0.2, 0.25) is 0 Å². The van der Waals surface area contributed by atoms with Gasteiger partial charge in [0.15, 0.2) is 0 Å². The molecule has 0 saturated heterocycles. The van der Waals surface area contributed by atoms with Crippen molar-refractivity contribution < 1.29 is 9.90 Å². The lowest BCUT2D eigenvalue weighted by atomic mass is 9.83. The number of carbonyl (C=O) groups is 1. The van der Waals surface area contributed by atoms with Crippen LogP contribution in [0.1, 0.15) is 41.2 Å². The molecule has 4 heteroatoms. The van der Waals surface area contributed by atoms with E-state index in [1.54, 1.807) is 18.2 Å². The fourth-order valence-electron chi connectivity index (χ4n) is 2.21. The quantitative estimate of drug-likeness (QED) is 0.869. The molecule has 1 heterocycles. The molecule has 0 amide bonds. The van der Waals surface area contributed by atoms with E-state index in [9.17, 15) is 4.79 Å². The monoisotopic (exact) mass is 242 g/mol. The number of carboxylic acids is 1. The number of aromatic carboxylic acids is 1. The highest BCUT2D eigenvalue weighted by atomic mass is 16.4. The average molecular weight is 242 g/mol. The van der Waals surface area contributed by atoms with Gasteiger partial charge in [-0.1, -0.05) is 18.6 Å². The molecule has 2 N–H and O–H groups in total. The summed E-state index contributed by atoms with van der Waals surface area (Å²) in [5.41, 5.74) is 2.27. The molecule has 1 aliphatic carbocycles. The van der Waals surface area contributed by atoms with Gasteiger partial charge in [-0.15, -0.1) is 0 Å². The molecule has 2 aromatic rings. The predicted molar refractivity (Wildman–Crippen MR) is 67.6 cm³/mol. The van der Waals surface area contributed by atoms with Crippen LogP contribution < -0.4 is 0 Å². The van der Waals surface area contributed by atoms with Crippen LogP contribution >= 0.6 is 0 Å². The van der Waals surface area contributed by atoms with Crippen molar-refractivity contribution in [3.05, 3.63) is 41.7 Å². The van der Waals surface area contributed by atoms with E-state index in [2.05, 4.69) is 9.97 Å². The van der Waals surface area contributed by atoms with Crippen molar-refractivity contribution in [3.63, 3.8) is 0 Å². The van der Waals surface area contributed by atoms with E-state index in [1.165, 1.54) is 19.3 Å². The number of benzene rings is 1. The first kappa shape index (κ1) is 11.0. The third-order valence-electron chi connectivity index (χ3n) is 3.52. The predicted octanol–water partition coefficient (Wildman–Crippen LogP) is 3.04. The van der Waals surface area contributed by atoms with Crippen LogP contribution in [0.5, 0.6) is 0 Å². The van der Waals surface area contributed by atoms with Crippen molar-refractivity contribution in [1.29, 1.82) is 0 Å². The summed E-state index contributed by atoms with van der Waals surface area (Å²) in [5.74, 6) is 0.441. The van der Waals surface area contributed by atoms with Crippen molar-refractivity contribution in [2.45, 2.75) is 25.2 Å². The van der Waals surface area contributed by atoms with Gasteiger partial charge in [0.05, 0.1) is 5.56 Å². The van der Waals surface area contributed by atoms with Gasteiger partial charge in [0, 0.05) is 23.4 Å². The maximum Gasteiger partial charge on any atom is 0.335 e. The minimum Gasteiger partial charge on any atom is -0.478 e. The summed E-state index contributed by atoms with van der Waals surface area (Å²) < 4.78 is 0. The Morgan fingerprint density at radius 1 is 1.39 bits per heavy atom. The van der Waals surface area contributed by atoms with Crippen molar-refractivity contribution in [3.8, 4) is 11.4 Å². The van der Waals surface area contributed by atoms with Crippen LogP contribution in [0.3, 0.4) is 0 Å². The lowest BCUT2D eigenvalue weighted by Gasteiger charge is -2.23. The summed E-state index contributed by atoms with van der Waals surface area (Å²) in [4.78, 5) is 18.6. The molecular weight excluding hydrogens is 228 g/mol. The minimum atomic E-state index is -0.914. The first-order valence-corrected chi connectivity index (χ1v) is 6.12. The molecule has 1 aromatic heterocycles. The van der Waals surface area contributed by atoms with Gasteiger partial charge in [0.1, 0.15) is 5.82 Å². The lowest BCUT2D eigenvalue weighted by molar-refractivity contribution is 0.0697. The Kier molecular flexibility index (Phi) is 2.63. The Bertz CT molecular complexity index is 585. The van der Waals surface area contributed by atoms with Gasteiger partial charge in [-0.05, 0) is 25.0 Å². The van der Waals surface area contributed by atoms with E-state index in [0.29, 0.717) is 5.92 Å². The van der Waals surface area contributed by atoms with Crippen molar-refractivity contribution in [1.82, 2.24) is 9.97 Å². The molecule has 0 radical (unpaired) electrons. The Hall–Kier alpha value is -2.10. The third-order valence-corrected chi connectivity index (χ3v) is 3.52. The molecule has 1 aromatic carbocycles. The van der Waals surface area contributed by atoms with Crippen LogP contribution in [0.4, 0.5) is 0 Å². The summed E-state index contributed by atoms with van der Waals surface area (Å²) in [7, 11) is 0. The molecule has 1 fully saturated rings. The second-order valence-corrected chi connectivity index (χ2v) is 4.70. The van der Waals surface area contributed by atoms with Crippen LogP contribution in [0, 0.1) is 0 Å². The highest BCUT2D eigenvalue weighted by Gasteiger charge is 2.21. The van der Waals surface area contributed by atoms with Crippen LogP contribution in [-0.2, 0) is 0 Å². The number of hydrogen-bond donors (Lipinski definition) is 2. The van der Waals surface area contributed by atoms with Crippen molar-refractivity contribution in [2.75, 3.05) is 0 Å². The molecule has 1 aliphatic rings. The topological polar surface area (TPSA) is 66.0 Å². The first-order valence-electron chi connectivity index (χ1n) is 6.12. The molecule has 18 heavy (non-hydrogen) atoms. The molecule has 0 atom stereocenters. The largest absolute Gasteiger partial charge is 0.478 e. The number of aromatic nitrogens is 2. The number of nitrogens with zero attached hydrogens (tertiary/aromatic N) is 1. The van der Waals surface area contributed by atoms with Gasteiger partial charge in [-0.2, -0.15) is 0 Å². The van der Waals surface area contributed by atoms with Gasteiger partial charge in [-0.25, -0.2) is 9.78 Å². The van der Waals surface area contributed by atoms with Crippen LogP contribution in [0.25, 0.3) is 11.4 Å². The maximum atomic E-state index is 10.9. The highest BCUT2D eigenvalue weighted by Crippen LogP contribution is 2.35. The Balaban J connectivity index is 1.91. The summed E-state index contributed by atoms with van der Waals surface area (Å²) in [6, 6.07) is 6.84. The van der Waals surface area contributed by atoms with Crippen molar-refractivity contribution in [2.24, 2.45) is 0 Å². The first-order chi connectivity index (χ1) is 8.74. The zero-order valence-electron chi connectivity index (χ0n) is 9.89. The molecule has 0 bridgehead atoms. The fraction of sp³-hybridized carbons (Fsp3) is 0.286. The van der Waals surface area contributed by atoms with E-state index < -0.39 is 5.97 Å². The normalized spacial score (nSPS) is 15.3. The Morgan fingerprint density at radius 2 is 2.22 bits per heavy atom. The van der Waals surface area contributed by atoms with E-state index >= 15 is 0 Å². The SMILES string of the molecule is O=C(O)c1cccc(-c2ncc(C3CCC3)[nH]2)c1. The van der Waals surface area contributed by atoms with E-state index in [4.69, 9.17) is 5.11 Å². The number of rotatable bonds is 3. The van der Waals surface area contributed by atoms with Gasteiger partial charge in [-0.3, -0.25) is 0 Å². The molecule has 0 aliphatic heterocycles. The molecule has 1 saturated carbocycles. The summed E-state index contributed by atoms with van der Waals surface area (Å²) in [5, 5.41) is 8.97. The van der Waals surface area contributed by atoms with Crippen LogP contribution in [0.2, 0.25) is 0 Å². The number of aromatic amines is 1. The number of hydrogen-bond acceptors (Lipinski definition) is 2. The van der Waals surface area contributed by atoms with Crippen LogP contribution in [0.15, 0.2) is 30.5 Å². The zero-order valence-corrected chi connectivity index (χ0v) is 9.89. The summed E-state index contributed by atoms with van der Waals surface area (Å²) >= 11 is 0. The Morgan fingerprint density at radius 3 is 2.89 bits per heavy atom. The molecule has 0 spiro atoms. The molecule has 4 nitrogen and oxygen atoms in total. The fourth-order valence-corrected chi connectivity index (χ4v) is 2.21. The summed E-state index contributed by atoms with van der Waals surface area (Å²) in [6.45, 7) is 0. The second kappa shape index (κ2) is 4.29. The van der Waals surface area contributed by atoms with Gasteiger partial charge < -0.3 is 10.1 Å². The smallest absolute Gasteiger partial charge is 0.335 e. The maximum absolute atomic E-state index is 10.9. The van der Waals surface area contributed by atoms with Crippen molar-refractivity contribution >= 4 is 5.97 Å². The molecule has 3 rings (SSSR count). The van der Waals surface area contributed by atoms with Gasteiger partial charge >= 0.3 is 5.97 Å². The third kappa shape index (κ3) is 1.90. The summed E-state index contributed by atoms with van der Waals surface area (Å²) in [6.07, 6.45) is 5.59. The molecule has 92 valence electrons. The minimum absolute atomic E-state index is 0.286.